The van der Waals surface area contributed by atoms with Gasteiger partial charge in [-0.2, -0.15) is 4.98 Å². The van der Waals surface area contributed by atoms with Gasteiger partial charge in [0.2, 0.25) is 11.7 Å². The molecule has 28 heavy (non-hydrogen) atoms. The summed E-state index contributed by atoms with van der Waals surface area (Å²) in [7, 11) is 0. The summed E-state index contributed by atoms with van der Waals surface area (Å²) in [6, 6.07) is 3.60. The molecule has 1 saturated heterocycles. The second-order valence-corrected chi connectivity index (χ2v) is 7.44. The molecule has 1 fully saturated rings. The van der Waals surface area contributed by atoms with Crippen LogP contribution in [0.15, 0.2) is 23.0 Å². The molecule has 0 bridgehead atoms. The van der Waals surface area contributed by atoms with Gasteiger partial charge in [-0.25, -0.2) is 0 Å². The molecule has 0 radical (unpaired) electrons. The topological polar surface area (TPSA) is 127 Å². The zero-order valence-corrected chi connectivity index (χ0v) is 16.0. The van der Waals surface area contributed by atoms with E-state index < -0.39 is 0 Å². The number of nitrogens with zero attached hydrogens (tertiary/aromatic N) is 6. The number of nitrogen functional groups attached to an aromatic ring is 1. The molecule has 0 saturated carbocycles. The first-order chi connectivity index (χ1) is 13.5. The Morgan fingerprint density at radius 3 is 2.86 bits per heavy atom. The molecular weight excluding hydrogens is 360 g/mol. The van der Waals surface area contributed by atoms with Crippen LogP contribution in [0.5, 0.6) is 0 Å². The van der Waals surface area contributed by atoms with Crippen molar-refractivity contribution in [1.82, 2.24) is 30.1 Å². The largest absolute Gasteiger partial charge is 0.369 e. The molecule has 3 aromatic heterocycles. The summed E-state index contributed by atoms with van der Waals surface area (Å²) >= 11 is 0. The van der Waals surface area contributed by atoms with E-state index in [2.05, 4.69) is 30.6 Å². The molecule has 148 valence electrons. The summed E-state index contributed by atoms with van der Waals surface area (Å²) in [6.45, 7) is 6.32. The second kappa shape index (κ2) is 7.45. The average molecular weight is 384 g/mol. The van der Waals surface area contributed by atoms with Crippen LogP contribution in [-0.2, 0) is 0 Å². The number of hydrogen-bond acceptors (Lipinski definition) is 8. The number of anilines is 2. The third kappa shape index (κ3) is 3.62. The first kappa shape index (κ1) is 18.2. The van der Waals surface area contributed by atoms with Gasteiger partial charge in [0.05, 0.1) is 5.69 Å². The summed E-state index contributed by atoms with van der Waals surface area (Å²) in [5.74, 6) is 1.87. The predicted molar refractivity (Wildman–Crippen MR) is 103 cm³/mol. The minimum atomic E-state index is -0.214. The van der Waals surface area contributed by atoms with Gasteiger partial charge < -0.3 is 20.5 Å². The molecule has 0 spiro atoms. The molecule has 10 heteroatoms. The Kier molecular flexibility index (Phi) is 4.84. The number of piperidine rings is 1. The maximum Gasteiger partial charge on any atom is 0.289 e. The van der Waals surface area contributed by atoms with Crippen molar-refractivity contribution in [3.63, 3.8) is 0 Å². The van der Waals surface area contributed by atoms with E-state index in [-0.39, 0.29) is 17.6 Å². The number of fused-ring (bicyclic) bond motifs is 1. The van der Waals surface area contributed by atoms with Crippen molar-refractivity contribution in [2.75, 3.05) is 30.3 Å². The molecule has 0 unspecified atom stereocenters. The Bertz CT molecular complexity index is 971. The smallest absolute Gasteiger partial charge is 0.289 e. The third-order valence-corrected chi connectivity index (χ3v) is 5.14. The van der Waals surface area contributed by atoms with Crippen molar-refractivity contribution in [3.05, 3.63) is 29.9 Å². The van der Waals surface area contributed by atoms with Gasteiger partial charge >= 0.3 is 0 Å². The van der Waals surface area contributed by atoms with E-state index >= 15 is 0 Å². The van der Waals surface area contributed by atoms with Gasteiger partial charge in [0.1, 0.15) is 12.1 Å². The van der Waals surface area contributed by atoms with Crippen LogP contribution in [-0.4, -0.2) is 50.3 Å². The number of carbonyl (C=O) groups is 1. The highest BCUT2D eigenvalue weighted by atomic mass is 16.5. The highest BCUT2D eigenvalue weighted by Gasteiger charge is 2.23. The Labute approximate surface area is 162 Å². The number of amides is 1. The van der Waals surface area contributed by atoms with Gasteiger partial charge in [0.15, 0.2) is 5.65 Å². The number of nitrogens with one attached hydrogen (secondary N) is 1. The Balaban J connectivity index is 1.30. The van der Waals surface area contributed by atoms with Crippen molar-refractivity contribution < 1.29 is 9.32 Å². The van der Waals surface area contributed by atoms with Gasteiger partial charge in [-0.05, 0) is 24.7 Å². The van der Waals surface area contributed by atoms with Gasteiger partial charge in [-0.3, -0.25) is 9.20 Å². The van der Waals surface area contributed by atoms with Crippen LogP contribution >= 0.6 is 0 Å². The zero-order valence-electron chi connectivity index (χ0n) is 16.0. The average Bonchev–Trinajstić information content (AvgIpc) is 3.36. The highest BCUT2D eigenvalue weighted by Crippen LogP contribution is 2.23. The SMILES string of the molecule is CC(C)c1cc(C(=O)NCC2CCN(c3cc4nncn4c(N)n3)CC2)on1. The van der Waals surface area contributed by atoms with Crippen molar-refractivity contribution in [2.45, 2.75) is 32.6 Å². The van der Waals surface area contributed by atoms with E-state index in [4.69, 9.17) is 10.3 Å². The maximum atomic E-state index is 12.3. The Morgan fingerprint density at radius 1 is 1.36 bits per heavy atom. The fourth-order valence-electron chi connectivity index (χ4n) is 3.36. The normalized spacial score (nSPS) is 15.5. The number of nitrogens with two attached hydrogens (primary N) is 1. The van der Waals surface area contributed by atoms with Gasteiger partial charge in [-0.15, -0.1) is 10.2 Å². The summed E-state index contributed by atoms with van der Waals surface area (Å²) in [4.78, 5) is 18.9. The van der Waals surface area contributed by atoms with Crippen molar-refractivity contribution in [1.29, 1.82) is 0 Å². The van der Waals surface area contributed by atoms with E-state index in [9.17, 15) is 4.79 Å². The van der Waals surface area contributed by atoms with Crippen LogP contribution in [0.25, 0.3) is 5.65 Å². The standard InChI is InChI=1S/C18H24N8O2/c1-11(2)13-7-14(28-24-13)17(27)20-9-12-3-5-25(6-4-12)15-8-16-23-21-10-26(16)18(19)22-15/h7-8,10-12H,3-6,9H2,1-2H3,(H2,19,22)(H,20,27). The van der Waals surface area contributed by atoms with E-state index in [0.717, 1.165) is 37.4 Å². The lowest BCUT2D eigenvalue weighted by atomic mass is 9.96. The Hall–Kier alpha value is -3.17. The van der Waals surface area contributed by atoms with E-state index in [0.29, 0.717) is 24.1 Å². The van der Waals surface area contributed by atoms with E-state index in [1.165, 1.54) is 0 Å². The molecular formula is C18H24N8O2. The summed E-state index contributed by atoms with van der Waals surface area (Å²) in [5, 5.41) is 14.8. The van der Waals surface area contributed by atoms with E-state index in [1.807, 2.05) is 19.9 Å². The molecule has 1 aliphatic rings. The molecule has 1 amide bonds. The lowest BCUT2D eigenvalue weighted by Crippen LogP contribution is -2.39. The maximum absolute atomic E-state index is 12.3. The molecule has 10 nitrogen and oxygen atoms in total. The first-order valence-electron chi connectivity index (χ1n) is 9.47. The fourth-order valence-corrected chi connectivity index (χ4v) is 3.36. The summed E-state index contributed by atoms with van der Waals surface area (Å²) in [5.41, 5.74) is 7.45. The highest BCUT2D eigenvalue weighted by molar-refractivity contribution is 5.91. The molecule has 4 rings (SSSR count). The van der Waals surface area contributed by atoms with Crippen molar-refractivity contribution in [2.24, 2.45) is 5.92 Å². The first-order valence-corrected chi connectivity index (χ1v) is 9.47. The Morgan fingerprint density at radius 2 is 2.14 bits per heavy atom. The fraction of sp³-hybridized carbons (Fsp3) is 0.500. The van der Waals surface area contributed by atoms with Gasteiger partial charge in [-0.1, -0.05) is 19.0 Å². The zero-order chi connectivity index (χ0) is 19.7. The van der Waals surface area contributed by atoms with Crippen LogP contribution in [0.3, 0.4) is 0 Å². The van der Waals surface area contributed by atoms with Crippen molar-refractivity contribution in [3.8, 4) is 0 Å². The van der Waals surface area contributed by atoms with Crippen LogP contribution in [0.4, 0.5) is 11.8 Å². The lowest BCUT2D eigenvalue weighted by Gasteiger charge is -2.32. The quantitative estimate of drug-likeness (QED) is 0.677. The molecule has 3 aromatic rings. The number of carbonyl (C=O) groups excluding carboxylic acids is 1. The second-order valence-electron chi connectivity index (χ2n) is 7.44. The summed E-state index contributed by atoms with van der Waals surface area (Å²) < 4.78 is 6.79. The minimum Gasteiger partial charge on any atom is -0.369 e. The van der Waals surface area contributed by atoms with Gasteiger partial charge in [0.25, 0.3) is 5.91 Å². The molecule has 3 N–H and O–H groups in total. The number of aromatic nitrogens is 5. The monoisotopic (exact) mass is 384 g/mol. The summed E-state index contributed by atoms with van der Waals surface area (Å²) in [6.07, 6.45) is 3.45. The number of rotatable bonds is 5. The van der Waals surface area contributed by atoms with Crippen LogP contribution in [0.1, 0.15) is 48.9 Å². The number of hydrogen-bond donors (Lipinski definition) is 2. The molecule has 4 heterocycles. The van der Waals surface area contributed by atoms with Gasteiger partial charge in [0, 0.05) is 31.8 Å². The molecule has 1 aliphatic heterocycles. The van der Waals surface area contributed by atoms with Crippen molar-refractivity contribution >= 4 is 23.3 Å². The molecule has 0 aliphatic carbocycles. The van der Waals surface area contributed by atoms with E-state index in [1.54, 1.807) is 16.8 Å². The predicted octanol–water partition coefficient (Wildman–Crippen LogP) is 1.46. The van der Waals surface area contributed by atoms with Crippen LogP contribution < -0.4 is 16.0 Å². The third-order valence-electron chi connectivity index (χ3n) is 5.14. The molecule has 0 aromatic carbocycles. The lowest BCUT2D eigenvalue weighted by molar-refractivity contribution is 0.0907. The minimum absolute atomic E-state index is 0.214. The van der Waals surface area contributed by atoms with Crippen LogP contribution in [0, 0.1) is 5.92 Å². The molecule has 0 atom stereocenters. The van der Waals surface area contributed by atoms with Crippen LogP contribution in [0.2, 0.25) is 0 Å².